The normalized spacial score (nSPS) is 14.3. The summed E-state index contributed by atoms with van der Waals surface area (Å²) in [6, 6.07) is 3.19. The van der Waals surface area contributed by atoms with Gasteiger partial charge in [-0.05, 0) is 45.4 Å². The van der Waals surface area contributed by atoms with Crippen molar-refractivity contribution in [1.29, 1.82) is 0 Å². The molecule has 22 heavy (non-hydrogen) atoms. The van der Waals surface area contributed by atoms with Gasteiger partial charge >= 0.3 is 6.09 Å². The average Bonchev–Trinajstić information content (AvgIpc) is 2.38. The summed E-state index contributed by atoms with van der Waals surface area (Å²) in [4.78, 5) is 11.4. The van der Waals surface area contributed by atoms with Crippen LogP contribution in [-0.4, -0.2) is 39.7 Å². The van der Waals surface area contributed by atoms with E-state index in [2.05, 4.69) is 5.32 Å². The first-order chi connectivity index (χ1) is 10.1. The van der Waals surface area contributed by atoms with Crippen molar-refractivity contribution in [3.63, 3.8) is 0 Å². The molecule has 2 unspecified atom stereocenters. The Morgan fingerprint density at radius 1 is 1.36 bits per heavy atom. The Labute approximate surface area is 128 Å². The van der Waals surface area contributed by atoms with E-state index in [0.717, 1.165) is 18.2 Å². The molecule has 0 heterocycles. The fourth-order valence-corrected chi connectivity index (χ4v) is 1.76. The van der Waals surface area contributed by atoms with Crippen LogP contribution in [0.15, 0.2) is 18.2 Å². The lowest BCUT2D eigenvalue weighted by Crippen LogP contribution is -2.34. The first-order valence-corrected chi connectivity index (χ1v) is 6.91. The molecule has 1 aromatic rings. The molecule has 7 heteroatoms. The summed E-state index contributed by atoms with van der Waals surface area (Å²) < 4.78 is 18.6. The first kappa shape index (κ1) is 18.2. The summed E-state index contributed by atoms with van der Waals surface area (Å²) in [5.41, 5.74) is -0.836. The summed E-state index contributed by atoms with van der Waals surface area (Å²) in [6.07, 6.45) is -3.45. The fourth-order valence-electron chi connectivity index (χ4n) is 1.76. The molecule has 0 aliphatic carbocycles. The third-order valence-electron chi connectivity index (χ3n) is 2.77. The summed E-state index contributed by atoms with van der Waals surface area (Å²) in [5.74, 6) is -0.945. The molecule has 0 saturated carbocycles. The number of phenols is 1. The number of carbonyl (C=O) groups is 1. The Bertz CT molecular complexity index is 515. The van der Waals surface area contributed by atoms with E-state index in [1.165, 1.54) is 0 Å². The maximum Gasteiger partial charge on any atom is 0.407 e. The summed E-state index contributed by atoms with van der Waals surface area (Å²) in [7, 11) is 0. The van der Waals surface area contributed by atoms with E-state index in [4.69, 9.17) is 4.74 Å². The Morgan fingerprint density at radius 3 is 2.59 bits per heavy atom. The van der Waals surface area contributed by atoms with Crippen molar-refractivity contribution >= 4 is 6.09 Å². The number of aliphatic hydroxyl groups excluding tert-OH is 2. The molecule has 0 radical (unpaired) electrons. The highest BCUT2D eigenvalue weighted by molar-refractivity contribution is 5.67. The van der Waals surface area contributed by atoms with Gasteiger partial charge in [-0.2, -0.15) is 0 Å². The number of hydrogen-bond donors (Lipinski definition) is 4. The molecule has 6 nitrogen and oxygen atoms in total. The van der Waals surface area contributed by atoms with E-state index in [1.54, 1.807) is 20.8 Å². The Kier molecular flexibility index (Phi) is 6.13. The minimum absolute atomic E-state index is 0.00446. The molecule has 124 valence electrons. The number of aromatic hydroxyl groups is 1. The zero-order valence-electron chi connectivity index (χ0n) is 12.8. The number of alkyl carbamates (subject to hydrolysis) is 1. The third-order valence-corrected chi connectivity index (χ3v) is 2.77. The lowest BCUT2D eigenvalue weighted by molar-refractivity contribution is 0.0103. The van der Waals surface area contributed by atoms with Crippen molar-refractivity contribution < 1.29 is 29.2 Å². The van der Waals surface area contributed by atoms with Gasteiger partial charge in [0.1, 0.15) is 23.3 Å². The van der Waals surface area contributed by atoms with Crippen molar-refractivity contribution in [3.8, 4) is 5.75 Å². The van der Waals surface area contributed by atoms with Crippen molar-refractivity contribution in [2.24, 2.45) is 0 Å². The molecule has 1 aromatic carbocycles. The van der Waals surface area contributed by atoms with Crippen LogP contribution >= 0.6 is 0 Å². The van der Waals surface area contributed by atoms with E-state index in [-0.39, 0.29) is 24.3 Å². The predicted molar refractivity (Wildman–Crippen MR) is 77.9 cm³/mol. The van der Waals surface area contributed by atoms with Gasteiger partial charge in [0, 0.05) is 12.1 Å². The number of amides is 1. The van der Waals surface area contributed by atoms with E-state index in [0.29, 0.717) is 0 Å². The molecule has 0 bridgehead atoms. The molecule has 0 aromatic heterocycles. The summed E-state index contributed by atoms with van der Waals surface area (Å²) >= 11 is 0. The number of nitrogens with one attached hydrogen (secondary N) is 1. The maximum atomic E-state index is 13.5. The second-order valence-electron chi connectivity index (χ2n) is 5.94. The van der Waals surface area contributed by atoms with Crippen molar-refractivity contribution in [2.75, 3.05) is 6.54 Å². The third kappa shape index (κ3) is 5.87. The minimum atomic E-state index is -1.51. The zero-order chi connectivity index (χ0) is 16.9. The second kappa shape index (κ2) is 7.42. The smallest absolute Gasteiger partial charge is 0.407 e. The van der Waals surface area contributed by atoms with Crippen LogP contribution in [0.3, 0.4) is 0 Å². The second-order valence-corrected chi connectivity index (χ2v) is 5.94. The van der Waals surface area contributed by atoms with Crippen LogP contribution in [0.1, 0.15) is 38.9 Å². The standard InChI is InChI=1S/C15H22FNO5/c1-15(2,3)22-14(21)17-7-6-12(19)13(20)10-8-9(18)4-5-11(10)16/h4-5,8,12-13,18-20H,6-7H2,1-3H3,(H,17,21). The number of benzene rings is 1. The highest BCUT2D eigenvalue weighted by Gasteiger charge is 2.22. The van der Waals surface area contributed by atoms with Crippen LogP contribution in [0.25, 0.3) is 0 Å². The minimum Gasteiger partial charge on any atom is -0.508 e. The molecule has 1 rings (SSSR count). The topological polar surface area (TPSA) is 99.0 Å². The summed E-state index contributed by atoms with van der Waals surface area (Å²) in [5, 5.41) is 31.5. The van der Waals surface area contributed by atoms with Gasteiger partial charge in [-0.15, -0.1) is 0 Å². The SMILES string of the molecule is CC(C)(C)OC(=O)NCCC(O)C(O)c1cc(O)ccc1F. The Balaban J connectivity index is 2.50. The number of rotatable bonds is 5. The van der Waals surface area contributed by atoms with Gasteiger partial charge in [0.2, 0.25) is 0 Å². The van der Waals surface area contributed by atoms with E-state index in [9.17, 15) is 24.5 Å². The molecule has 0 fully saturated rings. The first-order valence-electron chi connectivity index (χ1n) is 6.91. The maximum absolute atomic E-state index is 13.5. The molecule has 0 aliphatic rings. The lowest BCUT2D eigenvalue weighted by atomic mass is 10.0. The van der Waals surface area contributed by atoms with Crippen molar-refractivity contribution in [1.82, 2.24) is 5.32 Å². The summed E-state index contributed by atoms with van der Waals surface area (Å²) in [6.45, 7) is 5.20. The number of hydrogen-bond acceptors (Lipinski definition) is 5. The molecular weight excluding hydrogens is 293 g/mol. The number of phenolic OH excluding ortho intramolecular Hbond substituents is 1. The number of halogens is 1. The molecule has 2 atom stereocenters. The van der Waals surface area contributed by atoms with Gasteiger partial charge in [-0.1, -0.05) is 0 Å². The van der Waals surface area contributed by atoms with Gasteiger partial charge in [-0.25, -0.2) is 9.18 Å². The molecule has 0 spiro atoms. The van der Waals surface area contributed by atoms with Gasteiger partial charge in [0.15, 0.2) is 0 Å². The fraction of sp³-hybridized carbons (Fsp3) is 0.533. The largest absolute Gasteiger partial charge is 0.508 e. The van der Waals surface area contributed by atoms with Gasteiger partial charge in [0.25, 0.3) is 0 Å². The van der Waals surface area contributed by atoms with Crippen LogP contribution in [0.2, 0.25) is 0 Å². The molecule has 0 saturated heterocycles. The Hall–Kier alpha value is -1.86. The average molecular weight is 315 g/mol. The molecule has 4 N–H and O–H groups in total. The quantitative estimate of drug-likeness (QED) is 0.664. The lowest BCUT2D eigenvalue weighted by Gasteiger charge is -2.21. The van der Waals surface area contributed by atoms with Crippen LogP contribution in [0, 0.1) is 5.82 Å². The monoisotopic (exact) mass is 315 g/mol. The van der Waals surface area contributed by atoms with Gasteiger partial charge in [-0.3, -0.25) is 0 Å². The van der Waals surface area contributed by atoms with Crippen LogP contribution in [-0.2, 0) is 4.74 Å². The molecule has 1 amide bonds. The van der Waals surface area contributed by atoms with E-state index >= 15 is 0 Å². The van der Waals surface area contributed by atoms with Gasteiger partial charge in [0.05, 0.1) is 6.10 Å². The molecular formula is C15H22FNO5. The number of ether oxygens (including phenoxy) is 1. The van der Waals surface area contributed by atoms with Gasteiger partial charge < -0.3 is 25.4 Å². The van der Waals surface area contributed by atoms with Crippen LogP contribution < -0.4 is 5.32 Å². The van der Waals surface area contributed by atoms with Crippen LogP contribution in [0.4, 0.5) is 9.18 Å². The Morgan fingerprint density at radius 2 is 2.00 bits per heavy atom. The highest BCUT2D eigenvalue weighted by Crippen LogP contribution is 2.25. The van der Waals surface area contributed by atoms with E-state index in [1.807, 2.05) is 0 Å². The van der Waals surface area contributed by atoms with Crippen LogP contribution in [0.5, 0.6) is 5.75 Å². The molecule has 0 aliphatic heterocycles. The van der Waals surface area contributed by atoms with Crippen molar-refractivity contribution in [3.05, 3.63) is 29.6 Å². The zero-order valence-corrected chi connectivity index (χ0v) is 12.8. The highest BCUT2D eigenvalue weighted by atomic mass is 19.1. The predicted octanol–water partition coefficient (Wildman–Crippen LogP) is 1.84. The van der Waals surface area contributed by atoms with E-state index < -0.39 is 29.7 Å². The number of aliphatic hydroxyl groups is 2. The van der Waals surface area contributed by atoms with Crippen molar-refractivity contribution in [2.45, 2.75) is 45.0 Å². The number of carbonyl (C=O) groups excluding carboxylic acids is 1.